The maximum absolute atomic E-state index is 10.9. The summed E-state index contributed by atoms with van der Waals surface area (Å²) in [5.41, 5.74) is 3.90. The molecule has 0 aromatic heterocycles. The van der Waals surface area contributed by atoms with E-state index >= 15 is 0 Å². The van der Waals surface area contributed by atoms with Crippen LogP contribution in [0.5, 0.6) is 0 Å². The molecule has 0 aliphatic heterocycles. The van der Waals surface area contributed by atoms with Gasteiger partial charge in [0.1, 0.15) is 0 Å². The fourth-order valence-electron chi connectivity index (χ4n) is 2.64. The van der Waals surface area contributed by atoms with Gasteiger partial charge in [0.25, 0.3) is 0 Å². The summed E-state index contributed by atoms with van der Waals surface area (Å²) in [6.45, 7) is 6.97. The molecule has 0 atom stereocenters. The quantitative estimate of drug-likeness (QED) is 0.717. The van der Waals surface area contributed by atoms with Crippen molar-refractivity contribution in [1.82, 2.24) is 4.90 Å². The van der Waals surface area contributed by atoms with Crippen molar-refractivity contribution in [3.63, 3.8) is 0 Å². The van der Waals surface area contributed by atoms with Gasteiger partial charge in [0, 0.05) is 28.3 Å². The van der Waals surface area contributed by atoms with Gasteiger partial charge < -0.3 is 5.11 Å². The number of benzene rings is 2. The fraction of sp³-hybridized carbons (Fsp3) is 0.292. The molecule has 0 saturated heterocycles. The molecule has 0 aliphatic rings. The van der Waals surface area contributed by atoms with Crippen molar-refractivity contribution in [3.05, 3.63) is 76.3 Å². The number of rotatable bonds is 5. The first kappa shape index (κ1) is 21.8. The molecule has 0 bridgehead atoms. The lowest BCUT2D eigenvalue weighted by molar-refractivity contribution is -0.137. The van der Waals surface area contributed by atoms with Crippen LogP contribution < -0.4 is 0 Å². The third kappa shape index (κ3) is 6.56. The predicted octanol–water partition coefficient (Wildman–Crippen LogP) is 5.09. The first-order valence-electron chi connectivity index (χ1n) is 9.15. The number of carbonyl (C=O) groups is 1. The topological polar surface area (TPSA) is 40.5 Å². The van der Waals surface area contributed by atoms with Crippen LogP contribution in [0.2, 0.25) is 5.02 Å². The Bertz CT molecular complexity index is 912. The van der Waals surface area contributed by atoms with E-state index in [-0.39, 0.29) is 12.0 Å². The molecular formula is C24H26ClNO2. The highest BCUT2D eigenvalue weighted by molar-refractivity contribution is 6.32. The Kier molecular flexibility index (Phi) is 7.45. The van der Waals surface area contributed by atoms with Crippen LogP contribution >= 0.6 is 11.6 Å². The SMILES string of the molecule is CN(CC=C(C#Cc1ccc(C(C)(C)C)cc1)c1ccccc1Cl)CC(=O)O. The van der Waals surface area contributed by atoms with Crippen molar-refractivity contribution in [2.75, 3.05) is 20.1 Å². The molecule has 0 aliphatic carbocycles. The van der Waals surface area contributed by atoms with Gasteiger partial charge in [-0.25, -0.2) is 0 Å². The van der Waals surface area contributed by atoms with Crippen LogP contribution in [0.3, 0.4) is 0 Å². The minimum atomic E-state index is -0.861. The summed E-state index contributed by atoms with van der Waals surface area (Å²) in [6.07, 6.45) is 1.92. The lowest BCUT2D eigenvalue weighted by atomic mass is 9.87. The minimum absolute atomic E-state index is 0.0337. The van der Waals surface area contributed by atoms with E-state index in [4.69, 9.17) is 16.7 Å². The molecule has 0 spiro atoms. The average Bonchev–Trinajstić information content (AvgIpc) is 2.62. The predicted molar refractivity (Wildman–Crippen MR) is 117 cm³/mol. The number of aliphatic carboxylic acids is 1. The van der Waals surface area contributed by atoms with Gasteiger partial charge in [-0.3, -0.25) is 9.69 Å². The van der Waals surface area contributed by atoms with Gasteiger partial charge in [-0.1, -0.05) is 80.6 Å². The van der Waals surface area contributed by atoms with E-state index < -0.39 is 5.97 Å². The number of hydrogen-bond acceptors (Lipinski definition) is 2. The summed E-state index contributed by atoms with van der Waals surface area (Å²) >= 11 is 6.36. The standard InChI is InChI=1S/C24H26ClNO2/c1-24(2,3)20-13-10-18(11-14-20)9-12-19(15-16-26(4)17-23(27)28)21-7-5-6-8-22(21)25/h5-8,10-11,13-15H,16-17H2,1-4H3,(H,27,28). The number of carboxylic acids is 1. The number of hydrogen-bond donors (Lipinski definition) is 1. The van der Waals surface area contributed by atoms with Gasteiger partial charge in [0.15, 0.2) is 0 Å². The third-order valence-electron chi connectivity index (χ3n) is 4.27. The van der Waals surface area contributed by atoms with Crippen molar-refractivity contribution < 1.29 is 9.90 Å². The van der Waals surface area contributed by atoms with Crippen molar-refractivity contribution in [1.29, 1.82) is 0 Å². The molecule has 28 heavy (non-hydrogen) atoms. The summed E-state index contributed by atoms with van der Waals surface area (Å²) in [5.74, 6) is 5.55. The molecule has 0 fully saturated rings. The van der Waals surface area contributed by atoms with E-state index in [0.717, 1.165) is 16.7 Å². The molecule has 0 saturated carbocycles. The minimum Gasteiger partial charge on any atom is -0.480 e. The normalized spacial score (nSPS) is 11.9. The molecule has 0 heterocycles. The molecular weight excluding hydrogens is 370 g/mol. The zero-order valence-corrected chi connectivity index (χ0v) is 17.5. The summed E-state index contributed by atoms with van der Waals surface area (Å²) < 4.78 is 0. The van der Waals surface area contributed by atoms with Gasteiger partial charge in [-0.15, -0.1) is 0 Å². The molecule has 4 heteroatoms. The number of nitrogens with zero attached hydrogens (tertiary/aromatic N) is 1. The van der Waals surface area contributed by atoms with Crippen molar-refractivity contribution in [2.45, 2.75) is 26.2 Å². The highest BCUT2D eigenvalue weighted by Gasteiger charge is 2.12. The van der Waals surface area contributed by atoms with Gasteiger partial charge >= 0.3 is 5.97 Å². The third-order valence-corrected chi connectivity index (χ3v) is 4.60. The Morgan fingerprint density at radius 2 is 1.79 bits per heavy atom. The monoisotopic (exact) mass is 395 g/mol. The van der Waals surface area contributed by atoms with Crippen LogP contribution in [0.1, 0.15) is 37.5 Å². The molecule has 0 unspecified atom stereocenters. The van der Waals surface area contributed by atoms with Crippen LogP contribution in [0.15, 0.2) is 54.6 Å². The van der Waals surface area contributed by atoms with Crippen LogP contribution in [0.4, 0.5) is 0 Å². The van der Waals surface area contributed by atoms with Gasteiger partial charge in [-0.05, 0) is 36.2 Å². The van der Waals surface area contributed by atoms with E-state index in [2.05, 4.69) is 44.7 Å². The zero-order chi connectivity index (χ0) is 20.7. The van der Waals surface area contributed by atoms with Crippen molar-refractivity contribution in [2.24, 2.45) is 0 Å². The maximum atomic E-state index is 10.9. The second-order valence-corrected chi connectivity index (χ2v) is 8.17. The Hall–Kier alpha value is -2.54. The molecule has 0 radical (unpaired) electrons. The lowest BCUT2D eigenvalue weighted by Crippen LogP contribution is -2.25. The Morgan fingerprint density at radius 1 is 1.14 bits per heavy atom. The summed E-state index contributed by atoms with van der Waals surface area (Å²) in [7, 11) is 1.76. The number of allylic oxidation sites excluding steroid dienone is 1. The molecule has 2 aromatic rings. The van der Waals surface area contributed by atoms with Crippen LogP contribution in [0.25, 0.3) is 5.57 Å². The highest BCUT2D eigenvalue weighted by Crippen LogP contribution is 2.24. The number of carboxylic acid groups (broad SMARTS) is 1. The number of likely N-dealkylation sites (N-methyl/N-ethyl adjacent to an activating group) is 1. The zero-order valence-electron chi connectivity index (χ0n) is 16.8. The lowest BCUT2D eigenvalue weighted by Gasteiger charge is -2.18. The van der Waals surface area contributed by atoms with E-state index in [1.165, 1.54) is 5.56 Å². The highest BCUT2D eigenvalue weighted by atomic mass is 35.5. The van der Waals surface area contributed by atoms with E-state index in [1.807, 2.05) is 42.5 Å². The Labute approximate surface area is 172 Å². The summed E-state index contributed by atoms with van der Waals surface area (Å²) in [5, 5.41) is 9.55. The first-order valence-corrected chi connectivity index (χ1v) is 9.52. The van der Waals surface area contributed by atoms with Crippen molar-refractivity contribution in [3.8, 4) is 11.8 Å². The van der Waals surface area contributed by atoms with Gasteiger partial charge in [0.05, 0.1) is 6.54 Å². The summed E-state index contributed by atoms with van der Waals surface area (Å²) in [6, 6.07) is 15.8. The molecule has 2 rings (SSSR count). The van der Waals surface area contributed by atoms with E-state index in [9.17, 15) is 4.79 Å². The van der Waals surface area contributed by atoms with E-state index in [0.29, 0.717) is 11.6 Å². The second-order valence-electron chi connectivity index (χ2n) is 7.77. The fourth-order valence-corrected chi connectivity index (χ4v) is 2.88. The summed E-state index contributed by atoms with van der Waals surface area (Å²) in [4.78, 5) is 12.6. The van der Waals surface area contributed by atoms with Crippen LogP contribution in [-0.2, 0) is 10.2 Å². The molecule has 2 aromatic carbocycles. The molecule has 1 N–H and O–H groups in total. The first-order chi connectivity index (χ1) is 13.2. The van der Waals surface area contributed by atoms with Crippen molar-refractivity contribution >= 4 is 23.1 Å². The second kappa shape index (κ2) is 9.59. The van der Waals surface area contributed by atoms with Crippen LogP contribution in [0, 0.1) is 11.8 Å². The maximum Gasteiger partial charge on any atom is 0.317 e. The molecule has 146 valence electrons. The smallest absolute Gasteiger partial charge is 0.317 e. The van der Waals surface area contributed by atoms with Gasteiger partial charge in [0.2, 0.25) is 0 Å². The molecule has 0 amide bonds. The van der Waals surface area contributed by atoms with Gasteiger partial charge in [-0.2, -0.15) is 0 Å². The Balaban J connectivity index is 2.32. The largest absolute Gasteiger partial charge is 0.480 e. The van der Waals surface area contributed by atoms with Crippen LogP contribution in [-0.4, -0.2) is 36.1 Å². The molecule has 3 nitrogen and oxygen atoms in total. The number of halogens is 1. The average molecular weight is 396 g/mol. The Morgan fingerprint density at radius 3 is 2.36 bits per heavy atom. The van der Waals surface area contributed by atoms with E-state index in [1.54, 1.807) is 11.9 Å².